The molecule has 0 saturated carbocycles. The minimum atomic E-state index is -0.578. The first-order chi connectivity index (χ1) is 15.0. The third kappa shape index (κ3) is 11.1. The molecule has 1 aromatic carbocycles. The van der Waals surface area contributed by atoms with Crippen LogP contribution in [0.25, 0.3) is 0 Å². The van der Waals surface area contributed by atoms with Gasteiger partial charge in [0, 0.05) is 25.9 Å². The fourth-order valence-electron chi connectivity index (χ4n) is 2.99. The summed E-state index contributed by atoms with van der Waals surface area (Å²) >= 11 is 0. The number of unbranched alkanes of at least 4 members (excludes halogenated alkanes) is 1. The molecule has 31 heavy (non-hydrogen) atoms. The number of aliphatic hydroxyl groups excluding tert-OH is 1. The van der Waals surface area contributed by atoms with E-state index in [-0.39, 0.29) is 50.5 Å². The number of amides is 2. The minimum absolute atomic E-state index is 0.00598. The molecule has 0 aliphatic heterocycles. The van der Waals surface area contributed by atoms with Gasteiger partial charge in [0.2, 0.25) is 11.8 Å². The quantitative estimate of drug-likeness (QED) is 0.239. The van der Waals surface area contributed by atoms with Gasteiger partial charge in [-0.2, -0.15) is 0 Å². The van der Waals surface area contributed by atoms with E-state index in [0.29, 0.717) is 25.8 Å². The normalized spacial score (nSPS) is 11.3. The highest BCUT2D eigenvalue weighted by molar-refractivity contribution is 5.86. The number of nitrogens with one attached hydrogen (secondary N) is 1. The average molecular weight is 431 g/mol. The summed E-state index contributed by atoms with van der Waals surface area (Å²) in [7, 11) is 0. The van der Waals surface area contributed by atoms with Gasteiger partial charge in [0.25, 0.3) is 0 Å². The number of hydrogen-bond donors (Lipinski definition) is 2. The van der Waals surface area contributed by atoms with Crippen LogP contribution in [0.1, 0.15) is 37.7 Å². The molecule has 0 spiro atoms. The van der Waals surface area contributed by atoms with Crippen LogP contribution in [0.15, 0.2) is 55.6 Å². The van der Waals surface area contributed by atoms with E-state index in [0.717, 1.165) is 12.0 Å². The number of hydrogen-bond acceptors (Lipinski definition) is 5. The molecule has 1 aromatic rings. The Hall–Kier alpha value is -2.93. The first-order valence-electron chi connectivity index (χ1n) is 10.6. The predicted octanol–water partition coefficient (Wildman–Crippen LogP) is 2.61. The summed E-state index contributed by atoms with van der Waals surface area (Å²) in [4.78, 5) is 38.5. The van der Waals surface area contributed by atoms with Gasteiger partial charge in [-0.1, -0.05) is 42.5 Å². The molecule has 170 valence electrons. The Labute approximate surface area is 184 Å². The molecule has 0 fully saturated rings. The molecule has 0 bridgehead atoms. The predicted molar refractivity (Wildman–Crippen MR) is 120 cm³/mol. The molecule has 0 heterocycles. The summed E-state index contributed by atoms with van der Waals surface area (Å²) in [6.45, 7) is 7.93. The topological polar surface area (TPSA) is 95.9 Å². The van der Waals surface area contributed by atoms with Gasteiger partial charge in [0.05, 0.1) is 19.1 Å². The molecule has 1 rings (SSSR count). The summed E-state index contributed by atoms with van der Waals surface area (Å²) < 4.78 is 5.09. The lowest BCUT2D eigenvalue weighted by Crippen LogP contribution is -2.39. The van der Waals surface area contributed by atoms with Crippen molar-refractivity contribution in [1.82, 2.24) is 10.2 Å². The van der Waals surface area contributed by atoms with Crippen molar-refractivity contribution in [2.45, 2.75) is 38.6 Å². The second kappa shape index (κ2) is 15.8. The Bertz CT molecular complexity index is 705. The molecule has 7 heteroatoms. The number of allylic oxidation sites excluding steroid dienone is 2. The summed E-state index contributed by atoms with van der Waals surface area (Å²) in [5, 5.41) is 12.0. The van der Waals surface area contributed by atoms with Crippen molar-refractivity contribution in [3.63, 3.8) is 0 Å². The van der Waals surface area contributed by atoms with E-state index in [4.69, 9.17) is 4.74 Å². The van der Waals surface area contributed by atoms with Crippen molar-refractivity contribution in [1.29, 1.82) is 0 Å². The number of ether oxygens (including phenoxy) is 1. The number of carbonyl (C=O) groups excluding carboxylic acids is 3. The van der Waals surface area contributed by atoms with E-state index in [1.165, 1.54) is 0 Å². The SMILES string of the molecule is C=CCCCC(=O)OCCNC(=O)[C@@H](CC=C)CC(=O)N(CCO)Cc1ccccc1. The van der Waals surface area contributed by atoms with E-state index in [9.17, 15) is 19.5 Å². The van der Waals surface area contributed by atoms with Gasteiger partial charge in [0.1, 0.15) is 6.61 Å². The first-order valence-corrected chi connectivity index (χ1v) is 10.6. The number of aliphatic hydroxyl groups is 1. The van der Waals surface area contributed by atoms with Crippen LogP contribution >= 0.6 is 0 Å². The molecular weight excluding hydrogens is 396 g/mol. The molecular formula is C24H34N2O5. The largest absolute Gasteiger partial charge is 0.464 e. The van der Waals surface area contributed by atoms with Crippen LogP contribution in [0, 0.1) is 5.92 Å². The van der Waals surface area contributed by atoms with E-state index in [2.05, 4.69) is 18.5 Å². The van der Waals surface area contributed by atoms with Gasteiger partial charge in [-0.25, -0.2) is 0 Å². The highest BCUT2D eigenvalue weighted by atomic mass is 16.5. The Morgan fingerprint density at radius 3 is 2.55 bits per heavy atom. The highest BCUT2D eigenvalue weighted by Gasteiger charge is 2.24. The highest BCUT2D eigenvalue weighted by Crippen LogP contribution is 2.14. The maximum Gasteiger partial charge on any atom is 0.305 e. The minimum Gasteiger partial charge on any atom is -0.464 e. The van der Waals surface area contributed by atoms with Gasteiger partial charge >= 0.3 is 5.97 Å². The fourth-order valence-corrected chi connectivity index (χ4v) is 2.99. The molecule has 2 amide bonds. The molecule has 0 aliphatic rings. The number of carbonyl (C=O) groups is 3. The van der Waals surface area contributed by atoms with Crippen LogP contribution in [-0.4, -0.2) is 54.1 Å². The Morgan fingerprint density at radius 1 is 1.16 bits per heavy atom. The Balaban J connectivity index is 2.53. The van der Waals surface area contributed by atoms with Gasteiger partial charge in [-0.05, 0) is 24.8 Å². The zero-order chi connectivity index (χ0) is 22.9. The fraction of sp³-hybridized carbons (Fsp3) is 0.458. The molecule has 2 N–H and O–H groups in total. The molecule has 0 saturated heterocycles. The van der Waals surface area contributed by atoms with Crippen LogP contribution in [0.2, 0.25) is 0 Å². The van der Waals surface area contributed by atoms with Crippen LogP contribution in [0.5, 0.6) is 0 Å². The average Bonchev–Trinajstić information content (AvgIpc) is 2.76. The summed E-state index contributed by atoms with van der Waals surface area (Å²) in [5.41, 5.74) is 0.948. The summed E-state index contributed by atoms with van der Waals surface area (Å²) in [6.07, 6.45) is 5.45. The standard InChI is InChI=1S/C24H34N2O5/c1-3-5-7-13-23(29)31-17-14-25-24(30)21(10-4-2)18-22(28)26(15-16-27)19-20-11-8-6-9-12-20/h3-4,6,8-9,11-12,21,27H,1-2,5,7,10,13-19H2,(H,25,30)/t21-/m0/s1. The van der Waals surface area contributed by atoms with Crippen molar-refractivity contribution < 1.29 is 24.2 Å². The second-order valence-electron chi connectivity index (χ2n) is 7.14. The van der Waals surface area contributed by atoms with Crippen molar-refractivity contribution in [3.8, 4) is 0 Å². The summed E-state index contributed by atoms with van der Waals surface area (Å²) in [6, 6.07) is 9.48. The maximum atomic E-state index is 12.8. The van der Waals surface area contributed by atoms with Gasteiger partial charge in [0.15, 0.2) is 0 Å². The molecule has 7 nitrogen and oxygen atoms in total. The third-order valence-electron chi connectivity index (χ3n) is 4.64. The monoisotopic (exact) mass is 430 g/mol. The van der Waals surface area contributed by atoms with Crippen LogP contribution in [-0.2, 0) is 25.7 Å². The molecule has 1 atom stereocenters. The second-order valence-corrected chi connectivity index (χ2v) is 7.14. The molecule has 0 radical (unpaired) electrons. The number of esters is 1. The van der Waals surface area contributed by atoms with Crippen LogP contribution in [0.3, 0.4) is 0 Å². The van der Waals surface area contributed by atoms with E-state index in [1.54, 1.807) is 17.1 Å². The zero-order valence-corrected chi connectivity index (χ0v) is 18.1. The number of nitrogens with zero attached hydrogens (tertiary/aromatic N) is 1. The molecule has 0 aliphatic carbocycles. The Kier molecular flexibility index (Phi) is 13.3. The zero-order valence-electron chi connectivity index (χ0n) is 18.1. The smallest absolute Gasteiger partial charge is 0.305 e. The van der Waals surface area contributed by atoms with E-state index in [1.807, 2.05) is 30.3 Å². The first kappa shape index (κ1) is 26.1. The van der Waals surface area contributed by atoms with E-state index < -0.39 is 5.92 Å². The molecule has 0 aromatic heterocycles. The van der Waals surface area contributed by atoms with Gasteiger partial charge in [-0.15, -0.1) is 13.2 Å². The van der Waals surface area contributed by atoms with Gasteiger partial charge < -0.3 is 20.1 Å². The lowest BCUT2D eigenvalue weighted by molar-refractivity contribution is -0.144. The van der Waals surface area contributed by atoms with Gasteiger partial charge in [-0.3, -0.25) is 14.4 Å². The van der Waals surface area contributed by atoms with Crippen molar-refractivity contribution in [3.05, 3.63) is 61.2 Å². The lowest BCUT2D eigenvalue weighted by atomic mass is 9.99. The van der Waals surface area contributed by atoms with E-state index >= 15 is 0 Å². The number of rotatable bonds is 16. The lowest BCUT2D eigenvalue weighted by Gasteiger charge is -2.24. The third-order valence-corrected chi connectivity index (χ3v) is 4.64. The number of benzene rings is 1. The van der Waals surface area contributed by atoms with Crippen molar-refractivity contribution >= 4 is 17.8 Å². The summed E-state index contributed by atoms with van der Waals surface area (Å²) in [5.74, 6) is -1.40. The van der Waals surface area contributed by atoms with Crippen molar-refractivity contribution in [2.75, 3.05) is 26.3 Å². The maximum absolute atomic E-state index is 12.8. The van der Waals surface area contributed by atoms with Crippen molar-refractivity contribution in [2.24, 2.45) is 5.92 Å². The molecule has 0 unspecified atom stereocenters. The van der Waals surface area contributed by atoms with Crippen LogP contribution in [0.4, 0.5) is 0 Å². The van der Waals surface area contributed by atoms with Crippen LogP contribution < -0.4 is 5.32 Å². The Morgan fingerprint density at radius 2 is 1.90 bits per heavy atom.